The zero-order valence-electron chi connectivity index (χ0n) is 25.1. The molecule has 222 valence electrons. The van der Waals surface area contributed by atoms with Crippen molar-refractivity contribution in [1.29, 1.82) is 0 Å². The highest BCUT2D eigenvalue weighted by Gasteiger charge is 2.35. The summed E-state index contributed by atoms with van der Waals surface area (Å²) in [4.78, 5) is 17.3. The third-order valence-electron chi connectivity index (χ3n) is 9.38. The molecule has 1 saturated carbocycles. The number of benzene rings is 2. The maximum absolute atomic E-state index is 5.84. The molecular formula is C34H45N7S. The summed E-state index contributed by atoms with van der Waals surface area (Å²) in [5, 5.41) is 7.53. The summed E-state index contributed by atoms with van der Waals surface area (Å²) in [6.45, 7) is 11.3. The molecule has 6 rings (SSSR count). The molecule has 3 fully saturated rings. The van der Waals surface area contributed by atoms with Gasteiger partial charge in [-0.2, -0.15) is 9.97 Å². The molecule has 2 N–H and O–H groups in total. The number of nitrogens with zero attached hydrogens (tertiary/aromatic N) is 5. The van der Waals surface area contributed by atoms with Crippen molar-refractivity contribution in [3.8, 4) is 0 Å². The number of hydrogen-bond acceptors (Lipinski definition) is 6. The average Bonchev–Trinajstić information content (AvgIpc) is 3.51. The summed E-state index contributed by atoms with van der Waals surface area (Å²) in [7, 11) is 0. The predicted octanol–water partition coefficient (Wildman–Crippen LogP) is 6.08. The van der Waals surface area contributed by atoms with Crippen LogP contribution in [0.3, 0.4) is 0 Å². The van der Waals surface area contributed by atoms with E-state index < -0.39 is 0 Å². The van der Waals surface area contributed by atoms with E-state index in [-0.39, 0.29) is 5.41 Å². The fraction of sp³-hybridized carbons (Fsp3) is 0.500. The summed E-state index contributed by atoms with van der Waals surface area (Å²) in [5.74, 6) is 3.82. The highest BCUT2D eigenvalue weighted by molar-refractivity contribution is 7.80. The number of anilines is 4. The van der Waals surface area contributed by atoms with Crippen molar-refractivity contribution in [2.24, 2.45) is 11.8 Å². The van der Waals surface area contributed by atoms with Gasteiger partial charge in [-0.1, -0.05) is 75.2 Å². The van der Waals surface area contributed by atoms with Crippen LogP contribution in [0, 0.1) is 11.8 Å². The Bertz CT molecular complexity index is 1310. The fourth-order valence-corrected chi connectivity index (χ4v) is 7.45. The van der Waals surface area contributed by atoms with Crippen LogP contribution in [0.5, 0.6) is 0 Å². The first-order chi connectivity index (χ1) is 20.5. The third kappa shape index (κ3) is 6.64. The molecule has 42 heavy (non-hydrogen) atoms. The smallest absolute Gasteiger partial charge is 0.232 e. The van der Waals surface area contributed by atoms with E-state index in [4.69, 9.17) is 22.2 Å². The van der Waals surface area contributed by atoms with Crippen molar-refractivity contribution < 1.29 is 0 Å². The van der Waals surface area contributed by atoms with Gasteiger partial charge in [-0.15, -0.1) is 0 Å². The molecule has 3 aliphatic rings. The Morgan fingerprint density at radius 3 is 2.02 bits per heavy atom. The second-order valence-corrected chi connectivity index (χ2v) is 13.1. The van der Waals surface area contributed by atoms with E-state index in [1.807, 2.05) is 0 Å². The van der Waals surface area contributed by atoms with Crippen LogP contribution in [-0.4, -0.2) is 60.9 Å². The molecule has 2 aromatic carbocycles. The number of thiocarbonyl (C=S) groups is 1. The average molecular weight is 584 g/mol. The van der Waals surface area contributed by atoms with Crippen molar-refractivity contribution in [1.82, 2.24) is 15.3 Å². The molecule has 7 nitrogen and oxygen atoms in total. The van der Waals surface area contributed by atoms with E-state index in [0.29, 0.717) is 22.9 Å². The normalized spacial score (nSPS) is 22.2. The Morgan fingerprint density at radius 2 is 1.38 bits per heavy atom. The number of para-hydroxylation sites is 1. The zero-order valence-corrected chi connectivity index (χ0v) is 26.0. The number of aromatic nitrogens is 2. The second-order valence-electron chi connectivity index (χ2n) is 12.7. The molecule has 1 aromatic heterocycles. The Labute approximate surface area is 256 Å². The Hall–Kier alpha value is -3.39. The highest BCUT2D eigenvalue weighted by Crippen LogP contribution is 2.40. The second kappa shape index (κ2) is 12.9. The van der Waals surface area contributed by atoms with Gasteiger partial charge in [0.15, 0.2) is 5.11 Å². The summed E-state index contributed by atoms with van der Waals surface area (Å²) in [5.41, 5.74) is 2.81. The van der Waals surface area contributed by atoms with Crippen LogP contribution in [0.25, 0.3) is 0 Å². The summed E-state index contributed by atoms with van der Waals surface area (Å²) >= 11 is 5.84. The number of nitrogens with one attached hydrogen (secondary N) is 2. The molecule has 0 bridgehead atoms. The van der Waals surface area contributed by atoms with Crippen LogP contribution in [0.2, 0.25) is 0 Å². The quantitative estimate of drug-likeness (QED) is 0.325. The van der Waals surface area contributed by atoms with Gasteiger partial charge in [-0.05, 0) is 61.0 Å². The molecule has 2 saturated heterocycles. The van der Waals surface area contributed by atoms with E-state index in [9.17, 15) is 0 Å². The van der Waals surface area contributed by atoms with Crippen LogP contribution in [0.15, 0.2) is 66.7 Å². The molecule has 1 aliphatic carbocycles. The molecule has 0 spiro atoms. The van der Waals surface area contributed by atoms with E-state index in [2.05, 4.69) is 106 Å². The topological polar surface area (TPSA) is 59.6 Å². The van der Waals surface area contributed by atoms with E-state index in [0.717, 1.165) is 57.4 Å². The number of piperazine rings is 1. The van der Waals surface area contributed by atoms with Crippen LogP contribution < -0.4 is 25.3 Å². The van der Waals surface area contributed by atoms with Crippen molar-refractivity contribution in [3.63, 3.8) is 0 Å². The summed E-state index contributed by atoms with van der Waals surface area (Å²) < 4.78 is 0. The highest BCUT2D eigenvalue weighted by atomic mass is 32.1. The van der Waals surface area contributed by atoms with E-state index >= 15 is 0 Å². The molecule has 3 aromatic rings. The molecule has 2 atom stereocenters. The monoisotopic (exact) mass is 583 g/mol. The standard InChI is InChI=1S/C34H45N7S/c1-26-21-27(2)24-41(23-26)31-22-30(40-19-17-39(18-20-40)29-13-7-4-8-14-29)36-32(37-31)38-33(42)35-25-34(15-9-10-16-34)28-11-5-3-6-12-28/h3-8,11-14,22,26-27H,9-10,15-21,23-25H2,1-2H3,(H2,35,36,37,38,42). The molecule has 8 heteroatoms. The van der Waals surface area contributed by atoms with Crippen molar-refractivity contribution in [3.05, 3.63) is 72.3 Å². The number of hydrogen-bond donors (Lipinski definition) is 2. The molecule has 0 amide bonds. The molecule has 2 unspecified atom stereocenters. The first-order valence-corrected chi connectivity index (χ1v) is 16.2. The zero-order chi connectivity index (χ0) is 28.9. The van der Waals surface area contributed by atoms with Crippen LogP contribution in [-0.2, 0) is 5.41 Å². The Kier molecular flexibility index (Phi) is 8.79. The maximum atomic E-state index is 5.84. The lowest BCUT2D eigenvalue weighted by Gasteiger charge is -2.38. The van der Waals surface area contributed by atoms with Gasteiger partial charge in [-0.3, -0.25) is 0 Å². The number of rotatable bonds is 7. The number of piperidine rings is 1. The Morgan fingerprint density at radius 1 is 0.810 bits per heavy atom. The maximum Gasteiger partial charge on any atom is 0.232 e. The molecular weight excluding hydrogens is 538 g/mol. The minimum Gasteiger partial charge on any atom is -0.368 e. The van der Waals surface area contributed by atoms with Crippen LogP contribution in [0.1, 0.15) is 51.5 Å². The van der Waals surface area contributed by atoms with Gasteiger partial charge < -0.3 is 25.3 Å². The van der Waals surface area contributed by atoms with Gasteiger partial charge in [0, 0.05) is 63.0 Å². The lowest BCUT2D eigenvalue weighted by molar-refractivity contribution is 0.355. The Balaban J connectivity index is 1.18. The minimum atomic E-state index is 0.124. The van der Waals surface area contributed by atoms with Gasteiger partial charge in [0.2, 0.25) is 5.95 Å². The molecule has 0 radical (unpaired) electrons. The van der Waals surface area contributed by atoms with Gasteiger partial charge in [-0.25, -0.2) is 0 Å². The van der Waals surface area contributed by atoms with Gasteiger partial charge >= 0.3 is 0 Å². The van der Waals surface area contributed by atoms with E-state index in [1.165, 1.54) is 43.4 Å². The van der Waals surface area contributed by atoms with Gasteiger partial charge in [0.05, 0.1) is 0 Å². The molecule has 2 aliphatic heterocycles. The van der Waals surface area contributed by atoms with Crippen LogP contribution in [0.4, 0.5) is 23.3 Å². The molecule has 3 heterocycles. The lowest BCUT2D eigenvalue weighted by Crippen LogP contribution is -2.47. The van der Waals surface area contributed by atoms with Crippen molar-refractivity contribution >= 4 is 40.6 Å². The minimum absolute atomic E-state index is 0.124. The van der Waals surface area contributed by atoms with E-state index in [1.54, 1.807) is 0 Å². The fourth-order valence-electron chi connectivity index (χ4n) is 7.29. The van der Waals surface area contributed by atoms with Crippen molar-refractivity contribution in [2.45, 2.75) is 51.4 Å². The first kappa shape index (κ1) is 28.7. The summed E-state index contributed by atoms with van der Waals surface area (Å²) in [6.07, 6.45) is 6.15. The lowest BCUT2D eigenvalue weighted by atomic mass is 9.79. The predicted molar refractivity (Wildman–Crippen MR) is 179 cm³/mol. The first-order valence-electron chi connectivity index (χ1n) is 15.8. The largest absolute Gasteiger partial charge is 0.368 e. The SMILES string of the molecule is CC1CC(C)CN(c2cc(N3CCN(c4ccccc4)CC3)nc(NC(=S)NCC3(c4ccccc4)CCCC3)n2)C1. The van der Waals surface area contributed by atoms with Gasteiger partial charge in [0.1, 0.15) is 11.6 Å². The van der Waals surface area contributed by atoms with Crippen molar-refractivity contribution in [2.75, 3.05) is 65.8 Å². The third-order valence-corrected chi connectivity index (χ3v) is 9.62. The van der Waals surface area contributed by atoms with Gasteiger partial charge in [0.25, 0.3) is 0 Å². The van der Waals surface area contributed by atoms with Crippen LogP contribution >= 0.6 is 12.2 Å². The summed E-state index contributed by atoms with van der Waals surface area (Å²) in [6, 6.07) is 23.8.